The van der Waals surface area contributed by atoms with Crippen molar-refractivity contribution >= 4 is 0 Å². The Morgan fingerprint density at radius 2 is 1.77 bits per heavy atom. The second kappa shape index (κ2) is 6.77. The van der Waals surface area contributed by atoms with Crippen LogP contribution in [0, 0.1) is 0 Å². The van der Waals surface area contributed by atoms with E-state index in [4.69, 9.17) is 0 Å². The van der Waals surface area contributed by atoms with Gasteiger partial charge >= 0.3 is 0 Å². The third-order valence-electron chi connectivity index (χ3n) is 5.71. The predicted octanol–water partition coefficient (Wildman–Crippen LogP) is 4.49. The lowest BCUT2D eigenvalue weighted by atomic mass is 9.90. The van der Waals surface area contributed by atoms with E-state index in [0.717, 1.165) is 35.3 Å². The molecule has 6 heteroatoms. The van der Waals surface area contributed by atoms with E-state index >= 15 is 0 Å². The van der Waals surface area contributed by atoms with Crippen molar-refractivity contribution < 1.29 is 0 Å². The van der Waals surface area contributed by atoms with E-state index in [1.165, 1.54) is 22.4 Å². The van der Waals surface area contributed by atoms with E-state index in [9.17, 15) is 0 Å². The predicted molar refractivity (Wildman–Crippen MR) is 115 cm³/mol. The molecular weight excluding hydrogens is 372 g/mol. The Morgan fingerprint density at radius 3 is 2.63 bits per heavy atom. The van der Waals surface area contributed by atoms with Crippen LogP contribution >= 0.6 is 0 Å². The van der Waals surface area contributed by atoms with Gasteiger partial charge < -0.3 is 4.57 Å². The average molecular weight is 390 g/mol. The summed E-state index contributed by atoms with van der Waals surface area (Å²) in [6.45, 7) is 0. The van der Waals surface area contributed by atoms with Gasteiger partial charge in [-0.3, -0.25) is 4.98 Å². The van der Waals surface area contributed by atoms with Gasteiger partial charge in [-0.05, 0) is 59.5 Å². The summed E-state index contributed by atoms with van der Waals surface area (Å²) in [5.74, 6) is 0.589. The van der Waals surface area contributed by atoms with Gasteiger partial charge in [-0.15, -0.1) is 10.2 Å². The van der Waals surface area contributed by atoms with Crippen molar-refractivity contribution in [3.05, 3.63) is 90.4 Å². The minimum Gasteiger partial charge on any atom is -0.313 e. The molecule has 3 heterocycles. The fourth-order valence-electron chi connectivity index (χ4n) is 4.37. The molecular formula is C24H18N6. The second-order valence-corrected chi connectivity index (χ2v) is 7.41. The molecule has 0 radical (unpaired) electrons. The molecule has 1 aliphatic carbocycles. The largest absolute Gasteiger partial charge is 0.313 e. The molecule has 1 aliphatic rings. The molecule has 0 spiro atoms. The average Bonchev–Trinajstić information content (AvgIpc) is 3.48. The van der Waals surface area contributed by atoms with Crippen LogP contribution in [0.25, 0.3) is 39.5 Å². The molecule has 6 rings (SSSR count). The summed E-state index contributed by atoms with van der Waals surface area (Å²) in [4.78, 5) is 4.36. The molecule has 30 heavy (non-hydrogen) atoms. The zero-order valence-electron chi connectivity index (χ0n) is 16.2. The topological polar surface area (TPSA) is 72.3 Å². The number of hydrogen-bond acceptors (Lipinski definition) is 4. The number of aromatic amines is 1. The van der Waals surface area contributed by atoms with Gasteiger partial charge in [0.25, 0.3) is 0 Å². The highest BCUT2D eigenvalue weighted by atomic mass is 15.5. The first-order chi connectivity index (χ1) is 14.9. The summed E-state index contributed by atoms with van der Waals surface area (Å²) in [6, 6.07) is 23.4. The Kier molecular flexibility index (Phi) is 3.81. The maximum absolute atomic E-state index is 4.36. The number of rotatable bonds is 3. The third-order valence-corrected chi connectivity index (χ3v) is 5.71. The van der Waals surface area contributed by atoms with Crippen molar-refractivity contribution in [2.75, 3.05) is 0 Å². The molecule has 1 N–H and O–H groups in total. The van der Waals surface area contributed by atoms with E-state index < -0.39 is 0 Å². The standard InChI is InChI=1S/C24H18N6/c1-2-9-20-16(5-1)10-11-22-21(20)14-23(18-7-4-12-25-15-18)30(22)19-8-3-6-17(13-19)24-26-28-29-27-24/h1-9,12-15H,10-11H2,(H,26,27,28,29). The number of H-pyrrole nitrogens is 1. The van der Waals surface area contributed by atoms with E-state index in [0.29, 0.717) is 5.82 Å². The van der Waals surface area contributed by atoms with E-state index in [1.807, 2.05) is 30.6 Å². The molecule has 2 aromatic carbocycles. The fourth-order valence-corrected chi connectivity index (χ4v) is 4.37. The smallest absolute Gasteiger partial charge is 0.204 e. The molecule has 0 fully saturated rings. The van der Waals surface area contributed by atoms with E-state index in [1.54, 1.807) is 0 Å². The van der Waals surface area contributed by atoms with Crippen LogP contribution in [0.3, 0.4) is 0 Å². The zero-order chi connectivity index (χ0) is 19.9. The number of pyridine rings is 1. The Balaban J connectivity index is 1.61. The lowest BCUT2D eigenvalue weighted by molar-refractivity contribution is 0.857. The molecule has 0 atom stereocenters. The molecule has 0 saturated carbocycles. The molecule has 144 valence electrons. The molecule has 0 amide bonds. The number of nitrogens with one attached hydrogen (secondary N) is 1. The molecule has 5 aromatic rings. The summed E-state index contributed by atoms with van der Waals surface area (Å²) in [5, 5.41) is 14.5. The highest BCUT2D eigenvalue weighted by Gasteiger charge is 2.24. The van der Waals surface area contributed by atoms with Gasteiger partial charge in [0.05, 0.1) is 5.69 Å². The quantitative estimate of drug-likeness (QED) is 0.493. The molecule has 0 saturated heterocycles. The zero-order valence-corrected chi connectivity index (χ0v) is 16.2. The maximum atomic E-state index is 4.36. The minimum absolute atomic E-state index is 0.589. The first-order valence-electron chi connectivity index (χ1n) is 9.96. The van der Waals surface area contributed by atoms with Crippen molar-refractivity contribution in [2.45, 2.75) is 12.8 Å². The molecule has 0 unspecified atom stereocenters. The molecule has 0 aliphatic heterocycles. The van der Waals surface area contributed by atoms with Crippen LogP contribution in [0.15, 0.2) is 79.1 Å². The van der Waals surface area contributed by atoms with E-state index in [2.05, 4.69) is 78.7 Å². The van der Waals surface area contributed by atoms with Crippen LogP contribution in [-0.4, -0.2) is 30.2 Å². The van der Waals surface area contributed by atoms with Crippen LogP contribution in [-0.2, 0) is 12.8 Å². The van der Waals surface area contributed by atoms with Crippen molar-refractivity contribution in [2.24, 2.45) is 0 Å². The van der Waals surface area contributed by atoms with Crippen molar-refractivity contribution in [1.82, 2.24) is 30.2 Å². The van der Waals surface area contributed by atoms with Gasteiger partial charge in [-0.25, -0.2) is 0 Å². The second-order valence-electron chi connectivity index (χ2n) is 7.41. The van der Waals surface area contributed by atoms with Crippen LogP contribution in [0.5, 0.6) is 0 Å². The number of nitrogens with zero attached hydrogens (tertiary/aromatic N) is 5. The summed E-state index contributed by atoms with van der Waals surface area (Å²) in [5.41, 5.74) is 9.56. The summed E-state index contributed by atoms with van der Waals surface area (Å²) >= 11 is 0. The summed E-state index contributed by atoms with van der Waals surface area (Å²) in [6.07, 6.45) is 5.75. The normalized spacial score (nSPS) is 12.4. The molecule has 0 bridgehead atoms. The lowest BCUT2D eigenvalue weighted by Gasteiger charge is -2.20. The summed E-state index contributed by atoms with van der Waals surface area (Å²) in [7, 11) is 0. The Bertz CT molecular complexity index is 1340. The summed E-state index contributed by atoms with van der Waals surface area (Å²) < 4.78 is 2.35. The van der Waals surface area contributed by atoms with Gasteiger partial charge in [0.15, 0.2) is 0 Å². The van der Waals surface area contributed by atoms with Crippen molar-refractivity contribution in [3.8, 4) is 39.5 Å². The maximum Gasteiger partial charge on any atom is 0.204 e. The number of hydrogen-bond donors (Lipinski definition) is 1. The van der Waals surface area contributed by atoms with E-state index in [-0.39, 0.29) is 0 Å². The van der Waals surface area contributed by atoms with Gasteiger partial charge in [0.2, 0.25) is 5.82 Å². The Hall–Kier alpha value is -4.06. The SMILES string of the molecule is c1cncc(-c2cc3c(n2-c2cccc(-c4nn[nH]n4)c2)CCc2ccccc2-3)c1. The number of aryl methyl sites for hydroxylation is 1. The number of tetrazole rings is 1. The minimum atomic E-state index is 0.589. The Morgan fingerprint density at radius 1 is 0.833 bits per heavy atom. The highest BCUT2D eigenvalue weighted by molar-refractivity contribution is 5.80. The monoisotopic (exact) mass is 390 g/mol. The number of fused-ring (bicyclic) bond motifs is 3. The Labute approximate surface area is 173 Å². The van der Waals surface area contributed by atoms with Gasteiger partial charge in [0, 0.05) is 40.5 Å². The molecule has 3 aromatic heterocycles. The van der Waals surface area contributed by atoms with Crippen molar-refractivity contribution in [1.29, 1.82) is 0 Å². The van der Waals surface area contributed by atoms with Gasteiger partial charge in [0.1, 0.15) is 0 Å². The third kappa shape index (κ3) is 2.65. The van der Waals surface area contributed by atoms with Crippen LogP contribution in [0.2, 0.25) is 0 Å². The van der Waals surface area contributed by atoms with Crippen LogP contribution in [0.4, 0.5) is 0 Å². The van der Waals surface area contributed by atoms with Gasteiger partial charge in [-0.2, -0.15) is 5.21 Å². The number of aromatic nitrogens is 6. The van der Waals surface area contributed by atoms with Crippen LogP contribution < -0.4 is 0 Å². The van der Waals surface area contributed by atoms with Gasteiger partial charge in [-0.1, -0.05) is 36.4 Å². The molecule has 6 nitrogen and oxygen atoms in total. The number of benzene rings is 2. The lowest BCUT2D eigenvalue weighted by Crippen LogP contribution is -2.09. The highest BCUT2D eigenvalue weighted by Crippen LogP contribution is 2.40. The first-order valence-corrected chi connectivity index (χ1v) is 9.96. The first kappa shape index (κ1) is 16.9. The van der Waals surface area contributed by atoms with Crippen LogP contribution in [0.1, 0.15) is 11.3 Å². The fraction of sp³-hybridized carbons (Fsp3) is 0.0833. The van der Waals surface area contributed by atoms with Crippen molar-refractivity contribution in [3.63, 3.8) is 0 Å².